The summed E-state index contributed by atoms with van der Waals surface area (Å²) in [5, 5.41) is 5.65. The lowest BCUT2D eigenvalue weighted by molar-refractivity contribution is 0.0956. The molecule has 2 aliphatic heterocycles. The van der Waals surface area contributed by atoms with Gasteiger partial charge in [-0.1, -0.05) is 36.8 Å². The number of piperidine rings is 1. The molecule has 1 unspecified atom stereocenters. The number of thiophene rings is 1. The molecule has 3 heterocycles. The van der Waals surface area contributed by atoms with E-state index in [4.69, 9.17) is 0 Å². The van der Waals surface area contributed by atoms with Gasteiger partial charge in [-0.3, -0.25) is 19.8 Å². The van der Waals surface area contributed by atoms with Gasteiger partial charge in [0.2, 0.25) is 10.0 Å². The Kier molecular flexibility index (Phi) is 9.30. The van der Waals surface area contributed by atoms with Crippen molar-refractivity contribution in [1.82, 2.24) is 19.4 Å². The standard InChI is InChI=1S/C31H37N5O5S2/c1-21-9-7-8-17-36(21)43(40,41)24-14-12-23(13-15-24)28(37)32-30-27(29(38)33-31(39)34(2)3)25-16-18-35(20-26(25)42-30)19-22-10-5-4-6-11-22/h4-6,10-15,21H,7-9,16-20H2,1-3H3,(H,32,37)(H,33,38,39). The van der Waals surface area contributed by atoms with Gasteiger partial charge >= 0.3 is 6.03 Å². The molecule has 228 valence electrons. The Morgan fingerprint density at radius 3 is 2.37 bits per heavy atom. The number of carbonyl (C=O) groups is 3. The molecule has 5 rings (SSSR count). The van der Waals surface area contributed by atoms with Crippen LogP contribution in [0.4, 0.5) is 9.80 Å². The largest absolute Gasteiger partial charge is 0.331 e. The number of hydrogen-bond acceptors (Lipinski definition) is 7. The van der Waals surface area contributed by atoms with Crippen molar-refractivity contribution in [2.45, 2.75) is 56.6 Å². The van der Waals surface area contributed by atoms with Crippen molar-refractivity contribution in [2.75, 3.05) is 32.5 Å². The molecule has 10 nitrogen and oxygen atoms in total. The first-order chi connectivity index (χ1) is 20.5. The molecule has 12 heteroatoms. The average Bonchev–Trinajstić information content (AvgIpc) is 3.34. The third-order valence-corrected chi connectivity index (χ3v) is 11.1. The zero-order chi connectivity index (χ0) is 30.7. The fourth-order valence-electron chi connectivity index (χ4n) is 5.55. The molecular formula is C31H37N5O5S2. The number of hydrogen-bond donors (Lipinski definition) is 2. The molecule has 1 saturated heterocycles. The quantitative estimate of drug-likeness (QED) is 0.399. The maximum Gasteiger partial charge on any atom is 0.323 e. The Labute approximate surface area is 256 Å². The highest BCUT2D eigenvalue weighted by atomic mass is 32.2. The highest BCUT2D eigenvalue weighted by Gasteiger charge is 2.32. The van der Waals surface area contributed by atoms with Crippen LogP contribution in [0, 0.1) is 0 Å². The molecule has 0 saturated carbocycles. The maximum atomic E-state index is 13.4. The molecule has 3 aromatic rings. The Hall–Kier alpha value is -3.58. The monoisotopic (exact) mass is 623 g/mol. The van der Waals surface area contributed by atoms with E-state index in [2.05, 4.69) is 27.7 Å². The summed E-state index contributed by atoms with van der Waals surface area (Å²) in [6, 6.07) is 15.4. The van der Waals surface area contributed by atoms with E-state index in [9.17, 15) is 22.8 Å². The van der Waals surface area contributed by atoms with Crippen molar-refractivity contribution >= 4 is 44.2 Å². The first-order valence-corrected chi connectivity index (χ1v) is 16.7. The normalized spacial score (nSPS) is 17.6. The van der Waals surface area contributed by atoms with Crippen molar-refractivity contribution in [2.24, 2.45) is 0 Å². The maximum absolute atomic E-state index is 13.4. The number of carbonyl (C=O) groups excluding carboxylic acids is 3. The predicted octanol–water partition coefficient (Wildman–Crippen LogP) is 4.53. The van der Waals surface area contributed by atoms with Crippen molar-refractivity contribution in [3.63, 3.8) is 0 Å². The highest BCUT2D eigenvalue weighted by molar-refractivity contribution is 7.89. The Bertz CT molecular complexity index is 1600. The fraction of sp³-hybridized carbons (Fsp3) is 0.387. The van der Waals surface area contributed by atoms with E-state index in [1.54, 1.807) is 14.1 Å². The van der Waals surface area contributed by atoms with Gasteiger partial charge in [-0.25, -0.2) is 13.2 Å². The number of anilines is 1. The number of fused-ring (bicyclic) bond motifs is 1. The first-order valence-electron chi connectivity index (χ1n) is 14.4. The van der Waals surface area contributed by atoms with E-state index in [0.29, 0.717) is 30.1 Å². The molecule has 2 N–H and O–H groups in total. The van der Waals surface area contributed by atoms with Gasteiger partial charge in [0.15, 0.2) is 0 Å². The van der Waals surface area contributed by atoms with E-state index in [0.717, 1.165) is 42.8 Å². The second-order valence-corrected chi connectivity index (χ2v) is 14.2. The summed E-state index contributed by atoms with van der Waals surface area (Å²) in [5.74, 6) is -1.04. The number of urea groups is 1. The lowest BCUT2D eigenvalue weighted by Gasteiger charge is -2.32. The Morgan fingerprint density at radius 2 is 1.70 bits per heavy atom. The van der Waals surface area contributed by atoms with Crippen LogP contribution in [0.25, 0.3) is 0 Å². The summed E-state index contributed by atoms with van der Waals surface area (Å²) >= 11 is 1.33. The van der Waals surface area contributed by atoms with Crippen LogP contribution in [-0.4, -0.2) is 73.6 Å². The van der Waals surface area contributed by atoms with Crippen molar-refractivity contribution in [1.29, 1.82) is 0 Å². The lowest BCUT2D eigenvalue weighted by atomic mass is 10.0. The summed E-state index contributed by atoms with van der Waals surface area (Å²) in [6.07, 6.45) is 3.25. The summed E-state index contributed by atoms with van der Waals surface area (Å²) in [7, 11) is -0.574. The minimum atomic E-state index is -3.67. The molecule has 0 bridgehead atoms. The summed E-state index contributed by atoms with van der Waals surface area (Å²) in [5.41, 5.74) is 2.57. The number of nitrogens with zero attached hydrogens (tertiary/aromatic N) is 3. The van der Waals surface area contributed by atoms with Gasteiger partial charge in [-0.2, -0.15) is 4.31 Å². The van der Waals surface area contributed by atoms with E-state index in [1.807, 2.05) is 25.1 Å². The molecule has 0 aliphatic carbocycles. The molecule has 1 aromatic heterocycles. The zero-order valence-corrected chi connectivity index (χ0v) is 26.3. The second-order valence-electron chi connectivity index (χ2n) is 11.2. The smallest absolute Gasteiger partial charge is 0.323 e. The first kappa shape index (κ1) is 30.9. The molecule has 4 amide bonds. The minimum absolute atomic E-state index is 0.0702. The number of rotatable bonds is 7. The van der Waals surface area contributed by atoms with Crippen LogP contribution in [0.15, 0.2) is 59.5 Å². The fourth-order valence-corrected chi connectivity index (χ4v) is 8.53. The lowest BCUT2D eigenvalue weighted by Crippen LogP contribution is -2.41. The van der Waals surface area contributed by atoms with Gasteiger partial charge in [0.1, 0.15) is 5.00 Å². The number of sulfonamides is 1. The Morgan fingerprint density at radius 1 is 0.977 bits per heavy atom. The van der Waals surface area contributed by atoms with Crippen molar-refractivity contribution in [3.8, 4) is 0 Å². The highest BCUT2D eigenvalue weighted by Crippen LogP contribution is 2.38. The zero-order valence-electron chi connectivity index (χ0n) is 24.6. The molecular weight excluding hydrogens is 587 g/mol. The minimum Gasteiger partial charge on any atom is -0.331 e. The van der Waals surface area contributed by atoms with Crippen molar-refractivity contribution < 1.29 is 22.8 Å². The number of nitrogens with one attached hydrogen (secondary N) is 2. The summed E-state index contributed by atoms with van der Waals surface area (Å²) < 4.78 is 28.0. The molecule has 0 spiro atoms. The average molecular weight is 624 g/mol. The number of amides is 4. The van der Waals surface area contributed by atoms with Gasteiger partial charge in [0.05, 0.1) is 10.5 Å². The van der Waals surface area contributed by atoms with E-state index in [-0.39, 0.29) is 16.5 Å². The predicted molar refractivity (Wildman–Crippen MR) is 167 cm³/mol. The molecule has 2 aromatic carbocycles. The SMILES string of the molecule is CC1CCCCN1S(=O)(=O)c1ccc(C(=O)Nc2sc3c(c2C(=O)NC(=O)N(C)C)CCN(Cc2ccccc2)C3)cc1. The van der Waals surface area contributed by atoms with Gasteiger partial charge in [-0.05, 0) is 61.6 Å². The molecule has 2 aliphatic rings. The topological polar surface area (TPSA) is 119 Å². The number of benzene rings is 2. The molecule has 43 heavy (non-hydrogen) atoms. The van der Waals surface area contributed by atoms with Crippen molar-refractivity contribution in [3.05, 3.63) is 81.7 Å². The van der Waals surface area contributed by atoms with E-state index >= 15 is 0 Å². The van der Waals surface area contributed by atoms with Gasteiger partial charge in [-0.15, -0.1) is 11.3 Å². The molecule has 1 fully saturated rings. The van der Waals surface area contributed by atoms with Crippen LogP contribution < -0.4 is 10.6 Å². The van der Waals surface area contributed by atoms with Crippen LogP contribution in [-0.2, 0) is 29.5 Å². The third-order valence-electron chi connectivity index (χ3n) is 7.93. The van der Waals surface area contributed by atoms with E-state index < -0.39 is 27.9 Å². The third kappa shape index (κ3) is 6.82. The second kappa shape index (κ2) is 13.0. The van der Waals surface area contributed by atoms with Crippen LogP contribution in [0.3, 0.4) is 0 Å². The van der Waals surface area contributed by atoms with Gasteiger partial charge in [0.25, 0.3) is 11.8 Å². The van der Waals surface area contributed by atoms with Crippen LogP contribution in [0.5, 0.6) is 0 Å². The van der Waals surface area contributed by atoms with Crippen LogP contribution in [0.2, 0.25) is 0 Å². The molecule has 1 atom stereocenters. The van der Waals surface area contributed by atoms with Gasteiger partial charge in [0, 0.05) is 56.8 Å². The summed E-state index contributed by atoms with van der Waals surface area (Å²) in [6.45, 7) is 4.48. The van der Waals surface area contributed by atoms with Gasteiger partial charge < -0.3 is 10.2 Å². The number of imide groups is 1. The van der Waals surface area contributed by atoms with E-state index in [1.165, 1.54) is 50.4 Å². The molecule has 0 radical (unpaired) electrons. The Balaban J connectivity index is 1.38. The van der Waals surface area contributed by atoms with Crippen LogP contribution >= 0.6 is 11.3 Å². The van der Waals surface area contributed by atoms with Crippen LogP contribution in [0.1, 0.15) is 62.9 Å². The summed E-state index contributed by atoms with van der Waals surface area (Å²) in [4.78, 5) is 43.7.